The molecule has 2 N–H and O–H groups in total. The van der Waals surface area contributed by atoms with Crippen molar-refractivity contribution in [1.29, 1.82) is 0 Å². The van der Waals surface area contributed by atoms with Crippen LogP contribution in [0.1, 0.15) is 252 Å². The first-order valence-corrected chi connectivity index (χ1v) is 32.9. The number of phosphoric acid groups is 1. The lowest BCUT2D eigenvalue weighted by molar-refractivity contribution is -0.161. The zero-order valence-electron chi connectivity index (χ0n) is 50.5. The van der Waals surface area contributed by atoms with E-state index in [4.69, 9.17) is 23.3 Å². The van der Waals surface area contributed by atoms with Gasteiger partial charge in [0, 0.05) is 19.3 Å². The third-order valence-corrected chi connectivity index (χ3v) is 13.8. The van der Waals surface area contributed by atoms with Crippen LogP contribution in [-0.2, 0) is 42.2 Å². The molecule has 0 fully saturated rings. The van der Waals surface area contributed by atoms with Crippen molar-refractivity contribution < 1.29 is 52.2 Å². The summed E-state index contributed by atoms with van der Waals surface area (Å²) in [5.41, 5.74) is 0. The molecule has 0 saturated carbocycles. The van der Waals surface area contributed by atoms with Crippen molar-refractivity contribution in [3.05, 3.63) is 122 Å². The molecule has 0 saturated heterocycles. The number of carbonyl (C=O) groups is 3. The van der Waals surface area contributed by atoms with Gasteiger partial charge in [0.15, 0.2) is 6.10 Å². The van der Waals surface area contributed by atoms with E-state index in [-0.39, 0.29) is 25.9 Å². The van der Waals surface area contributed by atoms with Crippen molar-refractivity contribution in [3.63, 3.8) is 0 Å². The van der Waals surface area contributed by atoms with Crippen molar-refractivity contribution in [2.75, 3.05) is 26.4 Å². The predicted octanol–water partition coefficient (Wildman–Crippen LogP) is 19.1. The maximum atomic E-state index is 12.9. The number of phosphoric ester groups is 1. The minimum atomic E-state index is -4.78. The number of unbranched alkanes of at least 4 members (excludes halogenated alkanes) is 20. The van der Waals surface area contributed by atoms with Crippen LogP contribution in [0.25, 0.3) is 0 Å². The van der Waals surface area contributed by atoms with Crippen molar-refractivity contribution >= 4 is 25.7 Å². The van der Waals surface area contributed by atoms with Gasteiger partial charge in [0.25, 0.3) is 0 Å². The van der Waals surface area contributed by atoms with Gasteiger partial charge in [0.2, 0.25) is 0 Å². The summed E-state index contributed by atoms with van der Waals surface area (Å²) in [6.07, 6.45) is 75.9. The Labute approximate surface area is 487 Å². The van der Waals surface area contributed by atoms with Gasteiger partial charge in [-0.25, -0.2) is 4.57 Å². The van der Waals surface area contributed by atoms with Crippen LogP contribution < -0.4 is 0 Å². The largest absolute Gasteiger partial charge is 0.472 e. The van der Waals surface area contributed by atoms with Crippen LogP contribution in [0.3, 0.4) is 0 Å². The molecular formula is C68H113O11P. The van der Waals surface area contributed by atoms with Crippen LogP contribution in [0.4, 0.5) is 0 Å². The highest BCUT2D eigenvalue weighted by Gasteiger charge is 2.28. The molecule has 0 amide bonds. The Bertz CT molecular complexity index is 1800. The Morgan fingerprint density at radius 2 is 0.662 bits per heavy atom. The molecule has 0 aliphatic rings. The van der Waals surface area contributed by atoms with Gasteiger partial charge in [-0.15, -0.1) is 0 Å². The summed E-state index contributed by atoms with van der Waals surface area (Å²) in [5.74, 6) is -1.58. The summed E-state index contributed by atoms with van der Waals surface area (Å²) in [7, 11) is -4.78. The van der Waals surface area contributed by atoms with Crippen LogP contribution >= 0.6 is 7.82 Å². The summed E-state index contributed by atoms with van der Waals surface area (Å²) >= 11 is 0. The molecular weight excluding hydrogens is 1020 g/mol. The molecule has 80 heavy (non-hydrogen) atoms. The minimum Gasteiger partial charge on any atom is -0.462 e. The molecule has 0 aromatic carbocycles. The van der Waals surface area contributed by atoms with Gasteiger partial charge in [-0.1, -0.05) is 251 Å². The van der Waals surface area contributed by atoms with Gasteiger partial charge in [0.05, 0.1) is 19.8 Å². The summed E-state index contributed by atoms with van der Waals surface area (Å²) in [4.78, 5) is 48.7. The molecule has 0 radical (unpaired) electrons. The minimum absolute atomic E-state index is 0.111. The number of esters is 3. The van der Waals surface area contributed by atoms with E-state index in [2.05, 4.69) is 136 Å². The summed E-state index contributed by atoms with van der Waals surface area (Å²) in [5, 5.41) is 9.85. The molecule has 3 atom stereocenters. The fourth-order valence-corrected chi connectivity index (χ4v) is 8.97. The first-order valence-electron chi connectivity index (χ1n) is 31.4. The normalized spacial score (nSPS) is 14.1. The summed E-state index contributed by atoms with van der Waals surface area (Å²) in [6, 6.07) is 0. The first kappa shape index (κ1) is 75.9. The van der Waals surface area contributed by atoms with E-state index in [9.17, 15) is 28.9 Å². The maximum Gasteiger partial charge on any atom is 0.472 e. The second-order valence-electron chi connectivity index (χ2n) is 20.5. The van der Waals surface area contributed by atoms with Gasteiger partial charge in [-0.3, -0.25) is 23.4 Å². The molecule has 0 spiro atoms. The third-order valence-electron chi connectivity index (χ3n) is 12.9. The van der Waals surface area contributed by atoms with E-state index >= 15 is 0 Å². The number of aliphatic hydroxyl groups excluding tert-OH is 1. The van der Waals surface area contributed by atoms with Crippen molar-refractivity contribution in [3.8, 4) is 0 Å². The average molecular weight is 1140 g/mol. The molecule has 456 valence electrons. The van der Waals surface area contributed by atoms with E-state index < -0.39 is 57.8 Å². The van der Waals surface area contributed by atoms with E-state index in [1.807, 2.05) is 6.08 Å². The molecule has 3 unspecified atom stereocenters. The Morgan fingerprint density at radius 3 is 1.04 bits per heavy atom. The standard InChI is InChI=1S/C68H113O11P/c1-4-7-10-13-16-19-22-25-28-31-32-35-38-41-44-47-50-53-56-59-68(72)79-65(61-75-66(70)57-54-51-48-45-42-39-36-33-29-26-23-20-17-14-11-8-5-2)63-77-80(73,74)76-62-64(60-69)78-67(71)58-55-52-49-46-43-40-37-34-30-27-24-21-18-15-12-9-6-3/h7-8,10-11,16-17,19-20,25-26,28-29,32,35-36,39,41,44-45,48,64-65,69H,4-6,9,12-15,18,21-24,27,30-31,33-34,37-38,40,42-43,46-47,49-63H2,1-3H3,(H,73,74)/b10-7-,11-8-,19-16-,20-17-,28-25-,29-26-,35-32-,39-36-,44-41-,48-45-. The van der Waals surface area contributed by atoms with Crippen LogP contribution in [0.2, 0.25) is 0 Å². The molecule has 0 aromatic rings. The lowest BCUT2D eigenvalue weighted by Gasteiger charge is -2.21. The van der Waals surface area contributed by atoms with E-state index in [0.717, 1.165) is 103 Å². The smallest absolute Gasteiger partial charge is 0.462 e. The number of aliphatic hydroxyl groups is 1. The average Bonchev–Trinajstić information content (AvgIpc) is 3.45. The van der Waals surface area contributed by atoms with Crippen LogP contribution in [0, 0.1) is 0 Å². The number of carbonyl (C=O) groups excluding carboxylic acids is 3. The van der Waals surface area contributed by atoms with Crippen molar-refractivity contribution in [1.82, 2.24) is 0 Å². The highest BCUT2D eigenvalue weighted by molar-refractivity contribution is 7.47. The molecule has 0 aliphatic carbocycles. The lowest BCUT2D eigenvalue weighted by Crippen LogP contribution is -2.30. The van der Waals surface area contributed by atoms with Gasteiger partial charge >= 0.3 is 25.7 Å². The number of hydrogen-bond acceptors (Lipinski definition) is 10. The van der Waals surface area contributed by atoms with Crippen molar-refractivity contribution in [2.24, 2.45) is 0 Å². The van der Waals surface area contributed by atoms with E-state index in [1.165, 1.54) is 83.5 Å². The zero-order valence-corrected chi connectivity index (χ0v) is 51.4. The summed E-state index contributed by atoms with van der Waals surface area (Å²) in [6.45, 7) is 4.33. The van der Waals surface area contributed by atoms with Crippen molar-refractivity contribution in [2.45, 2.75) is 264 Å². The Hall–Kier alpha value is -4.12. The number of hydrogen-bond donors (Lipinski definition) is 2. The quantitative estimate of drug-likeness (QED) is 0.0197. The van der Waals surface area contributed by atoms with E-state index in [0.29, 0.717) is 25.7 Å². The Kier molecular flexibility index (Phi) is 57.8. The number of rotatable bonds is 57. The Morgan fingerprint density at radius 1 is 0.362 bits per heavy atom. The first-order chi connectivity index (χ1) is 39.2. The second-order valence-corrected chi connectivity index (χ2v) is 21.9. The topological polar surface area (TPSA) is 155 Å². The van der Waals surface area contributed by atoms with Gasteiger partial charge in [-0.05, 0) is 103 Å². The molecule has 0 heterocycles. The zero-order chi connectivity index (χ0) is 58.3. The molecule has 12 heteroatoms. The highest BCUT2D eigenvalue weighted by atomic mass is 31.2. The van der Waals surface area contributed by atoms with Crippen LogP contribution in [-0.4, -0.2) is 66.5 Å². The maximum absolute atomic E-state index is 12.9. The number of allylic oxidation sites excluding steroid dienone is 20. The second kappa shape index (κ2) is 61.0. The molecule has 0 rings (SSSR count). The van der Waals surface area contributed by atoms with Crippen LogP contribution in [0.5, 0.6) is 0 Å². The predicted molar refractivity (Wildman–Crippen MR) is 334 cm³/mol. The number of ether oxygens (including phenoxy) is 3. The molecule has 11 nitrogen and oxygen atoms in total. The Balaban J connectivity index is 4.83. The van der Waals surface area contributed by atoms with E-state index in [1.54, 1.807) is 0 Å². The molecule has 0 aliphatic heterocycles. The van der Waals surface area contributed by atoms with Gasteiger partial charge < -0.3 is 24.2 Å². The van der Waals surface area contributed by atoms with Gasteiger partial charge in [0.1, 0.15) is 12.7 Å². The SMILES string of the molecule is CC/C=C\C/C=C\C/C=C\C/C=C\C/C=C\CCCCCC(=O)OC(COC(=O)CCC/C=C\C/C=C\C/C=C\C/C=C\C/C=C\CC)COP(=O)(O)OCC(CO)OC(=O)CCCCCCCCCCCCCCCCCCC. The fourth-order valence-electron chi connectivity index (χ4n) is 8.18. The molecule has 0 aromatic heterocycles. The monoisotopic (exact) mass is 1140 g/mol. The van der Waals surface area contributed by atoms with Gasteiger partial charge in [-0.2, -0.15) is 0 Å². The fraction of sp³-hybridized carbons (Fsp3) is 0.662. The lowest BCUT2D eigenvalue weighted by atomic mass is 10.0. The third kappa shape index (κ3) is 58.5. The summed E-state index contributed by atoms with van der Waals surface area (Å²) < 4.78 is 39.6. The van der Waals surface area contributed by atoms with Crippen LogP contribution in [0.15, 0.2) is 122 Å². The highest BCUT2D eigenvalue weighted by Crippen LogP contribution is 2.43. The molecule has 0 bridgehead atoms.